The third-order valence-corrected chi connectivity index (χ3v) is 5.01. The Labute approximate surface area is 152 Å². The minimum absolute atomic E-state index is 0.777. The van der Waals surface area contributed by atoms with Crippen molar-refractivity contribution in [3.8, 4) is 0 Å². The number of piperazine rings is 1. The smallest absolute Gasteiger partial charge is 0.163 e. The van der Waals surface area contributed by atoms with Crippen LogP contribution in [0.1, 0.15) is 11.4 Å². The number of hydrogen-bond acceptors (Lipinski definition) is 5. The van der Waals surface area contributed by atoms with Crippen molar-refractivity contribution >= 4 is 34.1 Å². The molecule has 6 nitrogen and oxygen atoms in total. The lowest BCUT2D eigenvalue weighted by molar-refractivity contribution is 0.647. The molecule has 0 spiro atoms. The van der Waals surface area contributed by atoms with Gasteiger partial charge < -0.3 is 9.80 Å². The van der Waals surface area contributed by atoms with Crippen molar-refractivity contribution in [2.75, 3.05) is 36.0 Å². The van der Waals surface area contributed by atoms with Crippen molar-refractivity contribution in [3.05, 3.63) is 40.8 Å². The molecule has 4 rings (SSSR count). The molecule has 0 unspecified atom stereocenters. The molecule has 0 N–H and O–H groups in total. The van der Waals surface area contributed by atoms with Crippen LogP contribution in [-0.4, -0.2) is 45.9 Å². The fraction of sp³-hybridized carbons (Fsp3) is 0.389. The third-order valence-electron chi connectivity index (χ3n) is 4.77. The van der Waals surface area contributed by atoms with Gasteiger partial charge in [0.15, 0.2) is 5.65 Å². The summed E-state index contributed by atoms with van der Waals surface area (Å²) in [6, 6.07) is 6.08. The van der Waals surface area contributed by atoms with Gasteiger partial charge in [-0.1, -0.05) is 17.7 Å². The maximum absolute atomic E-state index is 6.18. The van der Waals surface area contributed by atoms with E-state index in [2.05, 4.69) is 43.9 Å². The second kappa shape index (κ2) is 6.19. The van der Waals surface area contributed by atoms with Gasteiger partial charge in [-0.25, -0.2) is 9.97 Å². The van der Waals surface area contributed by atoms with Crippen LogP contribution < -0.4 is 9.80 Å². The van der Waals surface area contributed by atoms with Gasteiger partial charge in [-0.2, -0.15) is 5.10 Å². The topological polar surface area (TPSA) is 50.1 Å². The summed E-state index contributed by atoms with van der Waals surface area (Å²) < 4.78 is 1.80. The molecule has 0 saturated carbocycles. The van der Waals surface area contributed by atoms with Crippen molar-refractivity contribution in [1.29, 1.82) is 0 Å². The first-order valence-corrected chi connectivity index (χ1v) is 8.83. The van der Waals surface area contributed by atoms with E-state index in [1.165, 1.54) is 11.3 Å². The van der Waals surface area contributed by atoms with Crippen molar-refractivity contribution < 1.29 is 0 Å². The van der Waals surface area contributed by atoms with Crippen molar-refractivity contribution in [2.24, 2.45) is 7.05 Å². The van der Waals surface area contributed by atoms with E-state index in [9.17, 15) is 0 Å². The van der Waals surface area contributed by atoms with Gasteiger partial charge in [0.05, 0.1) is 11.6 Å². The molecule has 1 saturated heterocycles. The van der Waals surface area contributed by atoms with Crippen LogP contribution in [0.4, 0.5) is 11.5 Å². The van der Waals surface area contributed by atoms with Gasteiger partial charge in [0.25, 0.3) is 0 Å². The summed E-state index contributed by atoms with van der Waals surface area (Å²) in [6.07, 6.45) is 1.86. The molecule has 0 atom stereocenters. The Hall–Kier alpha value is -2.34. The molecule has 1 aliphatic rings. The molecule has 1 fully saturated rings. The number of anilines is 2. The first-order chi connectivity index (χ1) is 12.0. The quantitative estimate of drug-likeness (QED) is 0.706. The lowest BCUT2D eigenvalue weighted by atomic mass is 10.1. The number of nitrogens with zero attached hydrogens (tertiary/aromatic N) is 6. The van der Waals surface area contributed by atoms with Gasteiger partial charge in [0.1, 0.15) is 11.6 Å². The number of hydrogen-bond donors (Lipinski definition) is 0. The Kier molecular flexibility index (Phi) is 4.00. The fourth-order valence-electron chi connectivity index (χ4n) is 3.44. The van der Waals surface area contributed by atoms with Gasteiger partial charge in [-0.05, 0) is 31.5 Å². The van der Waals surface area contributed by atoms with Crippen molar-refractivity contribution in [1.82, 2.24) is 19.7 Å². The molecule has 1 aromatic carbocycles. The van der Waals surface area contributed by atoms with E-state index in [0.29, 0.717) is 0 Å². The first kappa shape index (κ1) is 16.1. The standard InChI is InChI=1S/C18H21ClN6/c1-12-4-5-14(19)10-16(12)24-6-8-25(9-7-24)18-15-11-20-23(3)17(15)21-13(2)22-18/h4-5,10-11H,6-9H2,1-3H3. The summed E-state index contributed by atoms with van der Waals surface area (Å²) in [5.74, 6) is 1.76. The van der Waals surface area contributed by atoms with Gasteiger partial charge in [0, 0.05) is 43.9 Å². The van der Waals surface area contributed by atoms with Gasteiger partial charge >= 0.3 is 0 Å². The SMILES string of the molecule is Cc1nc(N2CCN(c3cc(Cl)ccc3C)CC2)c2cnn(C)c2n1. The molecule has 2 aromatic heterocycles. The van der Waals surface area contributed by atoms with Crippen LogP contribution in [0.5, 0.6) is 0 Å². The highest BCUT2D eigenvalue weighted by Gasteiger charge is 2.22. The molecular weight excluding hydrogens is 336 g/mol. The van der Waals surface area contributed by atoms with Crippen LogP contribution in [0, 0.1) is 13.8 Å². The highest BCUT2D eigenvalue weighted by Crippen LogP contribution is 2.28. The predicted molar refractivity (Wildman–Crippen MR) is 102 cm³/mol. The van der Waals surface area contributed by atoms with Crippen LogP contribution in [0.25, 0.3) is 11.0 Å². The average molecular weight is 357 g/mol. The third kappa shape index (κ3) is 2.91. The Morgan fingerprint density at radius 1 is 1.00 bits per heavy atom. The fourth-order valence-corrected chi connectivity index (χ4v) is 3.60. The zero-order valence-corrected chi connectivity index (χ0v) is 15.5. The highest BCUT2D eigenvalue weighted by atomic mass is 35.5. The lowest BCUT2D eigenvalue weighted by Gasteiger charge is -2.37. The Morgan fingerprint density at radius 2 is 1.72 bits per heavy atom. The Morgan fingerprint density at radius 3 is 2.48 bits per heavy atom. The second-order valence-electron chi connectivity index (χ2n) is 6.50. The maximum atomic E-state index is 6.18. The predicted octanol–water partition coefficient (Wildman–Crippen LogP) is 2.96. The van der Waals surface area contributed by atoms with Crippen LogP contribution >= 0.6 is 11.6 Å². The van der Waals surface area contributed by atoms with E-state index in [1.54, 1.807) is 4.68 Å². The summed E-state index contributed by atoms with van der Waals surface area (Å²) in [7, 11) is 1.92. The largest absolute Gasteiger partial charge is 0.368 e. The van der Waals surface area contributed by atoms with Crippen LogP contribution in [0.2, 0.25) is 5.02 Å². The number of fused-ring (bicyclic) bond motifs is 1. The number of aryl methyl sites for hydroxylation is 3. The highest BCUT2D eigenvalue weighted by molar-refractivity contribution is 6.30. The summed E-state index contributed by atoms with van der Waals surface area (Å²) in [6.45, 7) is 7.75. The summed E-state index contributed by atoms with van der Waals surface area (Å²) in [4.78, 5) is 13.9. The van der Waals surface area contributed by atoms with Gasteiger partial charge in [-0.15, -0.1) is 0 Å². The number of halogens is 1. The molecule has 130 valence electrons. The van der Waals surface area contributed by atoms with Gasteiger partial charge in [-0.3, -0.25) is 4.68 Å². The summed E-state index contributed by atoms with van der Waals surface area (Å²) in [5, 5.41) is 6.14. The Balaban J connectivity index is 1.59. The molecule has 0 radical (unpaired) electrons. The zero-order chi connectivity index (χ0) is 17.6. The lowest BCUT2D eigenvalue weighted by Crippen LogP contribution is -2.47. The minimum Gasteiger partial charge on any atom is -0.368 e. The minimum atomic E-state index is 0.777. The molecule has 3 heterocycles. The van der Waals surface area contributed by atoms with Crippen LogP contribution in [0.15, 0.2) is 24.4 Å². The molecule has 1 aliphatic heterocycles. The van der Waals surface area contributed by atoms with Crippen molar-refractivity contribution in [2.45, 2.75) is 13.8 Å². The normalized spacial score (nSPS) is 15.2. The number of rotatable bonds is 2. The molecule has 0 bridgehead atoms. The molecule has 25 heavy (non-hydrogen) atoms. The zero-order valence-electron chi connectivity index (χ0n) is 14.7. The first-order valence-electron chi connectivity index (χ1n) is 8.45. The molecule has 7 heteroatoms. The molecule has 0 amide bonds. The summed E-state index contributed by atoms with van der Waals surface area (Å²) >= 11 is 6.18. The van der Waals surface area contributed by atoms with Crippen LogP contribution in [-0.2, 0) is 7.05 Å². The maximum Gasteiger partial charge on any atom is 0.163 e. The van der Waals surface area contributed by atoms with E-state index in [1.807, 2.05) is 26.2 Å². The van der Waals surface area contributed by atoms with Crippen molar-refractivity contribution in [3.63, 3.8) is 0 Å². The number of benzene rings is 1. The van der Waals surface area contributed by atoms with E-state index in [0.717, 1.165) is 53.9 Å². The van der Waals surface area contributed by atoms with E-state index in [4.69, 9.17) is 11.6 Å². The molecule has 0 aliphatic carbocycles. The molecule has 3 aromatic rings. The van der Waals surface area contributed by atoms with E-state index >= 15 is 0 Å². The monoisotopic (exact) mass is 356 g/mol. The van der Waals surface area contributed by atoms with Gasteiger partial charge in [0.2, 0.25) is 0 Å². The second-order valence-corrected chi connectivity index (χ2v) is 6.94. The average Bonchev–Trinajstić information content (AvgIpc) is 2.98. The van der Waals surface area contributed by atoms with Crippen LogP contribution in [0.3, 0.4) is 0 Å². The number of aromatic nitrogens is 4. The van der Waals surface area contributed by atoms with E-state index < -0.39 is 0 Å². The molecular formula is C18H21ClN6. The Bertz CT molecular complexity index is 927. The summed E-state index contributed by atoms with van der Waals surface area (Å²) in [5.41, 5.74) is 3.36. The van der Waals surface area contributed by atoms with E-state index in [-0.39, 0.29) is 0 Å².